The van der Waals surface area contributed by atoms with Gasteiger partial charge in [-0.05, 0) is 49.3 Å². The molecule has 0 fully saturated rings. The van der Waals surface area contributed by atoms with Crippen molar-refractivity contribution in [1.82, 2.24) is 0 Å². The Morgan fingerprint density at radius 3 is 2.11 bits per heavy atom. The van der Waals surface area contributed by atoms with Crippen LogP contribution in [0.2, 0.25) is 0 Å². The van der Waals surface area contributed by atoms with E-state index in [-0.39, 0.29) is 0 Å². The van der Waals surface area contributed by atoms with E-state index in [0.29, 0.717) is 0 Å². The minimum absolute atomic E-state index is 1.12. The third-order valence-corrected chi connectivity index (χ3v) is 3.00. The molecule has 0 nitrogen and oxygen atoms in total. The second kappa shape index (κ2) is 3.64. The number of rotatable bonds is 1. The fourth-order valence-electron chi connectivity index (χ4n) is 0.486. The standard InChI is InChI=1S/C6H4Br2S/c7-5-1-3-6(9-8)4-2-5/h1-4H. The average Bonchev–Trinajstić information content (AvgIpc) is 1.90. The fraction of sp³-hybridized carbons (Fsp3) is 0. The molecule has 0 N–H and O–H groups in total. The lowest BCUT2D eigenvalue weighted by Gasteiger charge is -1.91. The smallest absolute Gasteiger partial charge is 0.0189 e. The van der Waals surface area contributed by atoms with Crippen LogP contribution in [0, 0.1) is 0 Å². The Labute approximate surface area is 74.4 Å². The quantitative estimate of drug-likeness (QED) is 0.745. The largest absolute Gasteiger partial charge is 0.0508 e. The van der Waals surface area contributed by atoms with Crippen LogP contribution in [-0.2, 0) is 0 Å². The molecule has 0 heterocycles. The lowest BCUT2D eigenvalue weighted by atomic mass is 10.4. The molecule has 1 rings (SSSR count). The summed E-state index contributed by atoms with van der Waals surface area (Å²) in [5.74, 6) is 0. The number of hydrogen-bond acceptors (Lipinski definition) is 1. The first kappa shape index (κ1) is 7.63. The Morgan fingerprint density at radius 2 is 1.67 bits per heavy atom. The number of hydrogen-bond donors (Lipinski definition) is 0. The van der Waals surface area contributed by atoms with Gasteiger partial charge in [0.25, 0.3) is 0 Å². The van der Waals surface area contributed by atoms with Gasteiger partial charge in [0.1, 0.15) is 0 Å². The van der Waals surface area contributed by atoms with Crippen LogP contribution in [0.15, 0.2) is 33.6 Å². The minimum atomic E-state index is 1.12. The predicted octanol–water partition coefficient (Wildman–Crippen LogP) is 3.85. The summed E-state index contributed by atoms with van der Waals surface area (Å²) in [6, 6.07) is 8.13. The molecule has 0 amide bonds. The maximum Gasteiger partial charge on any atom is 0.0189 e. The summed E-state index contributed by atoms with van der Waals surface area (Å²) in [5, 5.41) is 0. The van der Waals surface area contributed by atoms with Gasteiger partial charge in [-0.15, -0.1) is 0 Å². The van der Waals surface area contributed by atoms with Gasteiger partial charge in [0.2, 0.25) is 0 Å². The van der Waals surface area contributed by atoms with Gasteiger partial charge in [0.15, 0.2) is 0 Å². The average molecular weight is 268 g/mol. The van der Waals surface area contributed by atoms with Gasteiger partial charge < -0.3 is 0 Å². The Bertz CT molecular complexity index is 183. The molecule has 0 aromatic heterocycles. The third kappa shape index (κ3) is 2.32. The van der Waals surface area contributed by atoms with E-state index >= 15 is 0 Å². The van der Waals surface area contributed by atoms with E-state index in [0.717, 1.165) is 4.47 Å². The lowest BCUT2D eigenvalue weighted by molar-refractivity contribution is 1.45. The van der Waals surface area contributed by atoms with E-state index < -0.39 is 0 Å². The zero-order valence-electron chi connectivity index (χ0n) is 4.47. The van der Waals surface area contributed by atoms with Crippen molar-refractivity contribution in [2.45, 2.75) is 4.90 Å². The summed E-state index contributed by atoms with van der Waals surface area (Å²) in [7, 11) is 1.57. The van der Waals surface area contributed by atoms with Gasteiger partial charge in [-0.1, -0.05) is 15.9 Å². The molecule has 3 heteroatoms. The third-order valence-electron chi connectivity index (χ3n) is 0.903. The fourth-order valence-corrected chi connectivity index (χ4v) is 1.64. The Hall–Kier alpha value is 0.530. The highest BCUT2D eigenvalue weighted by molar-refractivity contribution is 9.50. The van der Waals surface area contributed by atoms with Gasteiger partial charge in [-0.2, -0.15) is 0 Å². The summed E-state index contributed by atoms with van der Waals surface area (Å²) in [4.78, 5) is 1.22. The molecule has 0 atom stereocenters. The highest BCUT2D eigenvalue weighted by Crippen LogP contribution is 2.25. The zero-order valence-corrected chi connectivity index (χ0v) is 8.46. The van der Waals surface area contributed by atoms with Crippen LogP contribution in [0.25, 0.3) is 0 Å². The van der Waals surface area contributed by atoms with Crippen LogP contribution in [0.5, 0.6) is 0 Å². The van der Waals surface area contributed by atoms with Crippen molar-refractivity contribution in [2.24, 2.45) is 0 Å². The van der Waals surface area contributed by atoms with Crippen molar-refractivity contribution >= 4 is 40.9 Å². The van der Waals surface area contributed by atoms with E-state index in [9.17, 15) is 0 Å². The number of halogens is 2. The van der Waals surface area contributed by atoms with Crippen molar-refractivity contribution in [3.8, 4) is 0 Å². The van der Waals surface area contributed by atoms with Crippen LogP contribution in [0.1, 0.15) is 0 Å². The molecule has 0 aliphatic carbocycles. The normalized spacial score (nSPS) is 9.56. The molecule has 0 radical (unpaired) electrons. The van der Waals surface area contributed by atoms with Crippen LogP contribution in [-0.4, -0.2) is 0 Å². The van der Waals surface area contributed by atoms with Gasteiger partial charge in [0, 0.05) is 9.37 Å². The summed E-state index contributed by atoms with van der Waals surface area (Å²) >= 11 is 6.63. The summed E-state index contributed by atoms with van der Waals surface area (Å²) in [5.41, 5.74) is 0. The monoisotopic (exact) mass is 266 g/mol. The molecular weight excluding hydrogens is 264 g/mol. The van der Waals surface area contributed by atoms with Gasteiger partial charge in [-0.3, -0.25) is 0 Å². The van der Waals surface area contributed by atoms with Gasteiger partial charge >= 0.3 is 0 Å². The molecule has 0 saturated heterocycles. The van der Waals surface area contributed by atoms with Crippen LogP contribution < -0.4 is 0 Å². The Kier molecular flexibility index (Phi) is 3.09. The molecule has 0 saturated carbocycles. The highest BCUT2D eigenvalue weighted by Gasteiger charge is 1.87. The van der Waals surface area contributed by atoms with Crippen LogP contribution in [0.4, 0.5) is 0 Å². The minimum Gasteiger partial charge on any atom is -0.0508 e. The van der Waals surface area contributed by atoms with Crippen LogP contribution in [0.3, 0.4) is 0 Å². The van der Waals surface area contributed by atoms with Crippen molar-refractivity contribution in [3.05, 3.63) is 28.7 Å². The molecule has 1 aromatic rings. The highest BCUT2D eigenvalue weighted by atomic mass is 79.9. The van der Waals surface area contributed by atoms with E-state index in [4.69, 9.17) is 0 Å². The zero-order chi connectivity index (χ0) is 6.69. The molecule has 0 spiro atoms. The molecule has 0 unspecified atom stereocenters. The molecule has 1 aromatic carbocycles. The van der Waals surface area contributed by atoms with E-state index in [1.54, 1.807) is 10.2 Å². The van der Waals surface area contributed by atoms with Crippen LogP contribution >= 0.6 is 40.9 Å². The topological polar surface area (TPSA) is 0 Å². The second-order valence-electron chi connectivity index (χ2n) is 1.53. The maximum atomic E-state index is 3.35. The van der Waals surface area contributed by atoms with E-state index in [1.807, 2.05) is 24.3 Å². The van der Waals surface area contributed by atoms with E-state index in [2.05, 4.69) is 30.7 Å². The molecule has 9 heavy (non-hydrogen) atoms. The number of benzene rings is 1. The Morgan fingerprint density at radius 1 is 1.11 bits per heavy atom. The van der Waals surface area contributed by atoms with E-state index in [1.165, 1.54) is 4.90 Å². The van der Waals surface area contributed by atoms with Gasteiger partial charge in [-0.25, -0.2) is 0 Å². The first-order valence-electron chi connectivity index (χ1n) is 2.37. The molecule has 0 aliphatic heterocycles. The first-order valence-corrected chi connectivity index (χ1v) is 5.82. The molecule has 0 bridgehead atoms. The summed E-state index contributed by atoms with van der Waals surface area (Å²) in [6.45, 7) is 0. The maximum absolute atomic E-state index is 3.35. The van der Waals surface area contributed by atoms with Crippen molar-refractivity contribution in [3.63, 3.8) is 0 Å². The molecular formula is C6H4Br2S. The van der Waals surface area contributed by atoms with Crippen molar-refractivity contribution in [2.75, 3.05) is 0 Å². The molecule has 48 valence electrons. The Balaban J connectivity index is 2.88. The molecule has 0 aliphatic rings. The second-order valence-corrected chi connectivity index (χ2v) is 4.04. The van der Waals surface area contributed by atoms with Crippen molar-refractivity contribution in [1.29, 1.82) is 0 Å². The predicted molar refractivity (Wildman–Crippen MR) is 48.9 cm³/mol. The summed E-state index contributed by atoms with van der Waals surface area (Å²) < 4.78 is 1.12. The SMILES string of the molecule is BrSc1ccc(Br)cc1. The lowest BCUT2D eigenvalue weighted by Crippen LogP contribution is -1.64. The first-order chi connectivity index (χ1) is 4.33. The van der Waals surface area contributed by atoms with Crippen molar-refractivity contribution < 1.29 is 0 Å². The van der Waals surface area contributed by atoms with Gasteiger partial charge in [0.05, 0.1) is 0 Å². The summed E-state index contributed by atoms with van der Waals surface area (Å²) in [6.07, 6.45) is 0.